The van der Waals surface area contributed by atoms with Crippen LogP contribution >= 0.6 is 0 Å². The number of hydrogen-bond acceptors (Lipinski definition) is 4. The monoisotopic (exact) mass is 525 g/mol. The second-order valence-electron chi connectivity index (χ2n) is 11.8. The summed E-state index contributed by atoms with van der Waals surface area (Å²) in [5.41, 5.74) is 5.36. The molecule has 3 aromatic rings. The summed E-state index contributed by atoms with van der Waals surface area (Å²) in [4.78, 5) is 33.7. The van der Waals surface area contributed by atoms with E-state index in [0.29, 0.717) is 31.5 Å². The number of nitrogens with zero attached hydrogens (tertiary/aromatic N) is 4. The largest absolute Gasteiger partial charge is 0.356 e. The quantitative estimate of drug-likeness (QED) is 0.531. The Balaban J connectivity index is 1.14. The molecule has 0 bridgehead atoms. The first-order valence-corrected chi connectivity index (χ1v) is 14.9. The van der Waals surface area contributed by atoms with Crippen LogP contribution < -0.4 is 10.2 Å². The molecule has 7 nitrogen and oxygen atoms in total. The van der Waals surface area contributed by atoms with Gasteiger partial charge in [0.1, 0.15) is 6.17 Å². The van der Waals surface area contributed by atoms with Crippen molar-refractivity contribution in [3.05, 3.63) is 65.4 Å². The Kier molecular flexibility index (Phi) is 6.34. The maximum absolute atomic E-state index is 13.6. The molecule has 0 aliphatic carbocycles. The van der Waals surface area contributed by atoms with Crippen LogP contribution in [0.3, 0.4) is 0 Å². The van der Waals surface area contributed by atoms with Gasteiger partial charge in [-0.05, 0) is 74.9 Å². The van der Waals surface area contributed by atoms with E-state index >= 15 is 0 Å². The molecule has 204 valence electrons. The third-order valence-electron chi connectivity index (χ3n) is 9.76. The van der Waals surface area contributed by atoms with Gasteiger partial charge in [0.05, 0.1) is 16.9 Å². The van der Waals surface area contributed by atoms with Crippen molar-refractivity contribution in [2.24, 2.45) is 5.92 Å². The zero-order chi connectivity index (χ0) is 26.5. The molecule has 39 heavy (non-hydrogen) atoms. The van der Waals surface area contributed by atoms with Crippen LogP contribution in [0.25, 0.3) is 10.9 Å². The first kappa shape index (κ1) is 24.7. The fourth-order valence-electron chi connectivity index (χ4n) is 7.91. The summed E-state index contributed by atoms with van der Waals surface area (Å²) in [7, 11) is 2.09. The molecule has 1 unspecified atom stereocenters. The van der Waals surface area contributed by atoms with E-state index in [4.69, 9.17) is 0 Å². The van der Waals surface area contributed by atoms with Crippen molar-refractivity contribution in [3.63, 3.8) is 0 Å². The molecule has 2 saturated heterocycles. The third-order valence-corrected chi connectivity index (χ3v) is 9.76. The fraction of sp³-hybridized carbons (Fsp3) is 0.500. The van der Waals surface area contributed by atoms with E-state index in [9.17, 15) is 9.59 Å². The number of aryl methyl sites for hydroxylation is 1. The Morgan fingerprint density at radius 2 is 1.79 bits per heavy atom. The van der Waals surface area contributed by atoms with Crippen molar-refractivity contribution in [1.29, 1.82) is 0 Å². The minimum atomic E-state index is -0.175. The minimum Gasteiger partial charge on any atom is -0.356 e. The number of carbonyl (C=O) groups excluding carboxylic acids is 2. The molecule has 5 heterocycles. The number of benzene rings is 2. The molecule has 2 aromatic carbocycles. The summed E-state index contributed by atoms with van der Waals surface area (Å²) in [5.74, 6) is 0.789. The number of rotatable bonds is 5. The average molecular weight is 526 g/mol. The number of hydrogen-bond donors (Lipinski definition) is 1. The molecule has 7 rings (SSSR count). The normalized spacial score (nSPS) is 24.6. The number of fused-ring (bicyclic) bond motifs is 7. The van der Waals surface area contributed by atoms with Gasteiger partial charge in [-0.15, -0.1) is 0 Å². The summed E-state index contributed by atoms with van der Waals surface area (Å²) in [6.45, 7) is 4.54. The molecule has 3 atom stereocenters. The van der Waals surface area contributed by atoms with Crippen molar-refractivity contribution in [2.45, 2.75) is 63.7 Å². The highest BCUT2D eigenvalue weighted by atomic mass is 16.2. The van der Waals surface area contributed by atoms with Gasteiger partial charge in [-0.1, -0.05) is 36.8 Å². The molecule has 7 heteroatoms. The number of amides is 2. The summed E-state index contributed by atoms with van der Waals surface area (Å²) < 4.78 is 2.32. The van der Waals surface area contributed by atoms with Gasteiger partial charge in [0.15, 0.2) is 0 Å². The van der Waals surface area contributed by atoms with Crippen LogP contribution in [0, 0.1) is 5.92 Å². The Morgan fingerprint density at radius 1 is 0.974 bits per heavy atom. The Labute approximate surface area is 230 Å². The molecule has 2 amide bonds. The number of anilines is 1. The van der Waals surface area contributed by atoms with Crippen molar-refractivity contribution in [1.82, 2.24) is 19.7 Å². The average Bonchev–Trinajstić information content (AvgIpc) is 3.31. The van der Waals surface area contributed by atoms with Gasteiger partial charge in [-0.3, -0.25) is 9.59 Å². The van der Waals surface area contributed by atoms with E-state index < -0.39 is 0 Å². The van der Waals surface area contributed by atoms with Crippen LogP contribution in [-0.4, -0.2) is 65.4 Å². The van der Waals surface area contributed by atoms with E-state index in [-0.39, 0.29) is 18.0 Å². The van der Waals surface area contributed by atoms with E-state index in [2.05, 4.69) is 51.0 Å². The van der Waals surface area contributed by atoms with Gasteiger partial charge in [0.25, 0.3) is 5.91 Å². The van der Waals surface area contributed by atoms with Crippen LogP contribution in [0.2, 0.25) is 0 Å². The lowest BCUT2D eigenvalue weighted by Gasteiger charge is -2.46. The van der Waals surface area contributed by atoms with E-state index in [0.717, 1.165) is 35.4 Å². The minimum absolute atomic E-state index is 0.0955. The number of aromatic nitrogens is 1. The number of para-hydroxylation sites is 2. The summed E-state index contributed by atoms with van der Waals surface area (Å²) in [5, 5.41) is 4.55. The van der Waals surface area contributed by atoms with Crippen LogP contribution in [0.15, 0.2) is 48.5 Å². The van der Waals surface area contributed by atoms with Gasteiger partial charge in [-0.25, -0.2) is 0 Å². The molecule has 2 fully saturated rings. The van der Waals surface area contributed by atoms with Gasteiger partial charge in [-0.2, -0.15) is 0 Å². The molecular formula is C32H39N5O2. The highest BCUT2D eigenvalue weighted by Crippen LogP contribution is 2.44. The number of piperidine rings is 2. The molecule has 4 aliphatic heterocycles. The van der Waals surface area contributed by atoms with E-state index in [1.165, 1.54) is 56.1 Å². The van der Waals surface area contributed by atoms with Gasteiger partial charge in [0, 0.05) is 50.0 Å². The maximum Gasteiger partial charge on any atom is 0.257 e. The summed E-state index contributed by atoms with van der Waals surface area (Å²) in [6.07, 6.45) is 7.45. The molecule has 0 radical (unpaired) electrons. The van der Waals surface area contributed by atoms with Crippen LogP contribution in [-0.2, 0) is 17.8 Å². The predicted octanol–water partition coefficient (Wildman–Crippen LogP) is 4.56. The van der Waals surface area contributed by atoms with Crippen molar-refractivity contribution in [2.75, 3.05) is 38.1 Å². The van der Waals surface area contributed by atoms with Crippen LogP contribution in [0.1, 0.15) is 66.3 Å². The second-order valence-corrected chi connectivity index (χ2v) is 11.8. The Bertz CT molecular complexity index is 1410. The second kappa shape index (κ2) is 10.0. The smallest absolute Gasteiger partial charge is 0.257 e. The lowest BCUT2D eigenvalue weighted by molar-refractivity contribution is -0.121. The number of nitrogens with one attached hydrogen (secondary N) is 1. The molecule has 4 aliphatic rings. The Morgan fingerprint density at radius 3 is 2.72 bits per heavy atom. The molecule has 1 N–H and O–H groups in total. The molecule has 0 saturated carbocycles. The SMILES string of the molecule is CN1c2ccccc2C(=O)N2CCc3c(n(CCC(=O)NC[C@H]4CCCN5CCCC[C@@H]45)c4ccccc34)C21. The molecule has 0 spiro atoms. The van der Waals surface area contributed by atoms with Gasteiger partial charge >= 0.3 is 0 Å². The Hall–Kier alpha value is -3.32. The highest BCUT2D eigenvalue weighted by molar-refractivity contribution is 6.02. The first-order chi connectivity index (χ1) is 19.1. The van der Waals surface area contributed by atoms with Crippen molar-refractivity contribution in [3.8, 4) is 0 Å². The van der Waals surface area contributed by atoms with Crippen molar-refractivity contribution >= 4 is 28.4 Å². The summed E-state index contributed by atoms with van der Waals surface area (Å²) in [6, 6.07) is 17.1. The lowest BCUT2D eigenvalue weighted by Crippen LogP contribution is -2.51. The van der Waals surface area contributed by atoms with Crippen LogP contribution in [0.4, 0.5) is 5.69 Å². The fourth-order valence-corrected chi connectivity index (χ4v) is 7.91. The van der Waals surface area contributed by atoms with E-state index in [1.807, 2.05) is 29.2 Å². The van der Waals surface area contributed by atoms with Gasteiger partial charge in [0.2, 0.25) is 5.91 Å². The number of carbonyl (C=O) groups is 2. The van der Waals surface area contributed by atoms with Gasteiger partial charge < -0.3 is 24.6 Å². The molecular weight excluding hydrogens is 486 g/mol. The van der Waals surface area contributed by atoms with E-state index in [1.54, 1.807) is 0 Å². The van der Waals surface area contributed by atoms with Crippen molar-refractivity contribution < 1.29 is 9.59 Å². The topological polar surface area (TPSA) is 60.8 Å². The molecule has 1 aromatic heterocycles. The lowest BCUT2D eigenvalue weighted by atomic mass is 9.83. The first-order valence-electron chi connectivity index (χ1n) is 14.9. The zero-order valence-corrected chi connectivity index (χ0v) is 22.9. The standard InChI is InChI=1S/C32H39N5O2/c1-34-27-13-4-3-11-25(27)32(39)37-19-15-24-23-10-2-5-14-28(23)36(30(24)31(34)37)20-16-29(38)33-21-22-9-8-18-35-17-7-6-12-26(22)35/h2-5,10-11,13-14,22,26,31H,6-9,12,15-21H2,1H3,(H,33,38)/t22-,26+,31?/m1/s1. The van der Waals surface area contributed by atoms with Crippen LogP contribution in [0.5, 0.6) is 0 Å². The highest BCUT2D eigenvalue weighted by Gasteiger charge is 2.42. The zero-order valence-electron chi connectivity index (χ0n) is 22.9. The predicted molar refractivity (Wildman–Crippen MR) is 154 cm³/mol. The third kappa shape index (κ3) is 4.13. The maximum atomic E-state index is 13.6. The summed E-state index contributed by atoms with van der Waals surface area (Å²) >= 11 is 0.